The van der Waals surface area contributed by atoms with Crippen LogP contribution >= 0.6 is 0 Å². The first-order chi connectivity index (χ1) is 18.8. The summed E-state index contributed by atoms with van der Waals surface area (Å²) in [7, 11) is 1.45. The van der Waals surface area contributed by atoms with E-state index in [1.165, 1.54) is 13.2 Å². The fourth-order valence-electron chi connectivity index (χ4n) is 3.86. The number of carbonyl (C=O) groups excluding carboxylic acids is 6. The van der Waals surface area contributed by atoms with E-state index in [0.717, 1.165) is 34.6 Å². The van der Waals surface area contributed by atoms with E-state index in [0.29, 0.717) is 11.4 Å². The summed E-state index contributed by atoms with van der Waals surface area (Å²) < 4.78 is 37.3. The van der Waals surface area contributed by atoms with Crippen molar-refractivity contribution in [1.29, 1.82) is 0 Å². The van der Waals surface area contributed by atoms with Gasteiger partial charge in [0.1, 0.15) is 24.5 Å². The summed E-state index contributed by atoms with van der Waals surface area (Å²) in [5.41, 5.74) is 0.326. The van der Waals surface area contributed by atoms with Gasteiger partial charge >= 0.3 is 35.9 Å². The molecule has 0 saturated carbocycles. The van der Waals surface area contributed by atoms with Gasteiger partial charge in [0.15, 0.2) is 18.3 Å². The third-order valence-corrected chi connectivity index (χ3v) is 5.23. The number of ether oxygens (including phenoxy) is 7. The Morgan fingerprint density at radius 2 is 1.48 bits per heavy atom. The summed E-state index contributed by atoms with van der Waals surface area (Å²) in [4.78, 5) is 72.5. The second-order valence-electron chi connectivity index (χ2n) is 8.53. The van der Waals surface area contributed by atoms with Crippen molar-refractivity contribution in [3.63, 3.8) is 0 Å². The van der Waals surface area contributed by atoms with Crippen LogP contribution in [0.15, 0.2) is 24.3 Å². The highest BCUT2D eigenvalue weighted by Gasteiger charge is 2.55. The van der Waals surface area contributed by atoms with Crippen LogP contribution in [0.4, 0.5) is 10.5 Å². The first-order valence-electron chi connectivity index (χ1n) is 12.0. The number of anilines is 1. The molecular weight excluding hydrogens is 536 g/mol. The van der Waals surface area contributed by atoms with Gasteiger partial charge in [-0.3, -0.25) is 24.0 Å². The van der Waals surface area contributed by atoms with Gasteiger partial charge in [0.2, 0.25) is 6.29 Å². The summed E-state index contributed by atoms with van der Waals surface area (Å²) in [6, 6.07) is 4.10. The average Bonchev–Trinajstić information content (AvgIpc) is 2.84. The number of urea groups is 1. The molecule has 0 aromatic heterocycles. The number of carbonyl (C=O) groups is 6. The molecule has 220 valence electrons. The van der Waals surface area contributed by atoms with Crippen molar-refractivity contribution in [3.05, 3.63) is 24.3 Å². The fourth-order valence-corrected chi connectivity index (χ4v) is 3.86. The van der Waals surface area contributed by atoms with Crippen molar-refractivity contribution in [2.24, 2.45) is 0 Å². The van der Waals surface area contributed by atoms with Gasteiger partial charge in [-0.25, -0.2) is 4.79 Å². The normalized spacial score (nSPS) is 22.5. The Bertz CT molecular complexity index is 1110. The lowest BCUT2D eigenvalue weighted by Crippen LogP contribution is -2.69. The molecule has 1 aromatic carbocycles. The molecule has 40 heavy (non-hydrogen) atoms. The molecular formula is C25H32N2O13. The SMILES string of the molecule is COc1cccc(NC(=O)N[C@@H]2[C@H](OC(C)=O)O[C@@H]([C@@H](COC(C)=O)OC(C)=O)[C@H](OC(C)=O)[C@H]2OC(C)=O)c1. The van der Waals surface area contributed by atoms with Crippen molar-refractivity contribution in [1.82, 2.24) is 5.32 Å². The van der Waals surface area contributed by atoms with E-state index >= 15 is 0 Å². The number of methoxy groups -OCH3 is 1. The highest BCUT2D eigenvalue weighted by atomic mass is 16.7. The maximum atomic E-state index is 13.0. The maximum Gasteiger partial charge on any atom is 0.319 e. The zero-order chi connectivity index (χ0) is 30.0. The monoisotopic (exact) mass is 568 g/mol. The van der Waals surface area contributed by atoms with Gasteiger partial charge in [-0.15, -0.1) is 0 Å². The molecule has 1 heterocycles. The highest BCUT2D eigenvalue weighted by molar-refractivity contribution is 5.89. The van der Waals surface area contributed by atoms with Crippen LogP contribution in [0.25, 0.3) is 0 Å². The molecule has 0 radical (unpaired) electrons. The Morgan fingerprint density at radius 1 is 0.850 bits per heavy atom. The predicted octanol–water partition coefficient (Wildman–Crippen LogP) is 0.832. The first kappa shape index (κ1) is 31.8. The van der Waals surface area contributed by atoms with Gasteiger partial charge in [-0.1, -0.05) is 6.07 Å². The van der Waals surface area contributed by atoms with Crippen LogP contribution in [0.2, 0.25) is 0 Å². The Hall–Kier alpha value is -4.40. The molecule has 0 unspecified atom stereocenters. The third-order valence-electron chi connectivity index (χ3n) is 5.23. The molecule has 0 bridgehead atoms. The van der Waals surface area contributed by atoms with E-state index in [1.807, 2.05) is 0 Å². The summed E-state index contributed by atoms with van der Waals surface area (Å²) >= 11 is 0. The number of rotatable bonds is 10. The minimum atomic E-state index is -1.65. The molecule has 2 amide bonds. The lowest BCUT2D eigenvalue weighted by atomic mass is 9.93. The first-order valence-corrected chi connectivity index (χ1v) is 12.0. The zero-order valence-electron chi connectivity index (χ0n) is 22.8. The van der Waals surface area contributed by atoms with Crippen LogP contribution in [0.1, 0.15) is 34.6 Å². The highest BCUT2D eigenvalue weighted by Crippen LogP contribution is 2.31. The second-order valence-corrected chi connectivity index (χ2v) is 8.53. The zero-order valence-corrected chi connectivity index (χ0v) is 22.8. The maximum absolute atomic E-state index is 13.0. The van der Waals surface area contributed by atoms with Crippen LogP contribution in [-0.2, 0) is 52.4 Å². The van der Waals surface area contributed by atoms with Gasteiger partial charge < -0.3 is 43.8 Å². The van der Waals surface area contributed by atoms with E-state index in [-0.39, 0.29) is 0 Å². The Labute approximate surface area is 229 Å². The fraction of sp³-hybridized carbons (Fsp3) is 0.520. The summed E-state index contributed by atoms with van der Waals surface area (Å²) in [6.07, 6.45) is -7.61. The van der Waals surface area contributed by atoms with Gasteiger partial charge in [0.25, 0.3) is 0 Å². The molecule has 15 heteroatoms. The molecule has 2 rings (SSSR count). The molecule has 1 saturated heterocycles. The van der Waals surface area contributed by atoms with Gasteiger partial charge in [-0.2, -0.15) is 0 Å². The molecule has 1 aromatic rings. The van der Waals surface area contributed by atoms with E-state index < -0.39 is 79.2 Å². The Morgan fingerprint density at radius 3 is 2.02 bits per heavy atom. The van der Waals surface area contributed by atoms with Crippen LogP contribution in [0.3, 0.4) is 0 Å². The molecule has 1 aliphatic rings. The van der Waals surface area contributed by atoms with Gasteiger partial charge in [0.05, 0.1) is 7.11 Å². The van der Waals surface area contributed by atoms with Gasteiger partial charge in [-0.05, 0) is 12.1 Å². The van der Waals surface area contributed by atoms with Crippen molar-refractivity contribution < 1.29 is 61.9 Å². The standard InChI is InChI=1S/C25H32N2O13/c1-12(28)35-11-19(36-13(2)29)21-23(38-15(4)31)22(37-14(3)30)20(24(40-21)39-16(5)32)27-25(33)26-17-8-7-9-18(10-17)34-6/h7-10,19-24H,11H2,1-6H3,(H2,26,27,33)/t19-,20+,21+,22+,23+,24-/m1/s1. The van der Waals surface area contributed by atoms with Crippen molar-refractivity contribution in [3.8, 4) is 5.75 Å². The number of amides is 2. The van der Waals surface area contributed by atoms with Crippen molar-refractivity contribution in [2.45, 2.75) is 71.4 Å². The van der Waals surface area contributed by atoms with Crippen LogP contribution in [-0.4, -0.2) is 86.3 Å². The average molecular weight is 569 g/mol. The lowest BCUT2D eigenvalue weighted by Gasteiger charge is -2.46. The molecule has 1 aliphatic heterocycles. The Kier molecular flexibility index (Phi) is 11.7. The molecule has 2 N–H and O–H groups in total. The quantitative estimate of drug-likeness (QED) is 0.298. The third kappa shape index (κ3) is 9.72. The number of hydrogen-bond acceptors (Lipinski definition) is 13. The van der Waals surface area contributed by atoms with E-state index in [4.69, 9.17) is 33.2 Å². The van der Waals surface area contributed by atoms with E-state index in [2.05, 4.69) is 10.6 Å². The van der Waals surface area contributed by atoms with Crippen LogP contribution in [0, 0.1) is 0 Å². The summed E-state index contributed by atoms with van der Waals surface area (Å²) in [5.74, 6) is -3.63. The molecule has 1 fully saturated rings. The van der Waals surface area contributed by atoms with Crippen molar-refractivity contribution in [2.75, 3.05) is 19.0 Å². The predicted molar refractivity (Wildman–Crippen MR) is 133 cm³/mol. The minimum Gasteiger partial charge on any atom is -0.497 e. The minimum absolute atomic E-state index is 0.326. The summed E-state index contributed by atoms with van der Waals surface area (Å²) in [6.45, 7) is 4.82. The Balaban J connectivity index is 2.51. The lowest BCUT2D eigenvalue weighted by molar-refractivity contribution is -0.282. The number of hydrogen-bond donors (Lipinski definition) is 2. The van der Waals surface area contributed by atoms with Crippen molar-refractivity contribution >= 4 is 41.6 Å². The number of benzene rings is 1. The molecule has 6 atom stereocenters. The van der Waals surface area contributed by atoms with Gasteiger partial charge in [0, 0.05) is 46.4 Å². The second kappa shape index (κ2) is 14.7. The van der Waals surface area contributed by atoms with Crippen LogP contribution in [0.5, 0.6) is 5.75 Å². The molecule has 15 nitrogen and oxygen atoms in total. The van der Waals surface area contributed by atoms with E-state index in [9.17, 15) is 28.8 Å². The topological polar surface area (TPSA) is 191 Å². The number of esters is 5. The molecule has 0 spiro atoms. The largest absolute Gasteiger partial charge is 0.497 e. The number of nitrogens with one attached hydrogen (secondary N) is 2. The van der Waals surface area contributed by atoms with E-state index in [1.54, 1.807) is 18.2 Å². The smallest absolute Gasteiger partial charge is 0.319 e. The summed E-state index contributed by atoms with van der Waals surface area (Å²) in [5, 5.41) is 5.07. The molecule has 0 aliphatic carbocycles. The van der Waals surface area contributed by atoms with Crippen LogP contribution < -0.4 is 15.4 Å².